The summed E-state index contributed by atoms with van der Waals surface area (Å²) in [6.45, 7) is 9.28. The molecule has 0 radical (unpaired) electrons. The first kappa shape index (κ1) is 26.4. The van der Waals surface area contributed by atoms with E-state index >= 15 is 0 Å². The van der Waals surface area contributed by atoms with E-state index in [0.29, 0.717) is 26.1 Å². The molecule has 1 saturated heterocycles. The predicted octanol–water partition coefficient (Wildman–Crippen LogP) is 5.48. The van der Waals surface area contributed by atoms with Crippen molar-refractivity contribution in [3.8, 4) is 0 Å². The Balaban J connectivity index is 1.68. The van der Waals surface area contributed by atoms with Crippen molar-refractivity contribution in [2.24, 2.45) is 0 Å². The van der Waals surface area contributed by atoms with Crippen LogP contribution in [0.3, 0.4) is 0 Å². The van der Waals surface area contributed by atoms with Crippen LogP contribution in [0.5, 0.6) is 0 Å². The molecular formula is C28H41N3O2S. The van der Waals surface area contributed by atoms with Crippen molar-refractivity contribution in [3.05, 3.63) is 57.8 Å². The number of rotatable bonds is 14. The van der Waals surface area contributed by atoms with Crippen LogP contribution in [0.4, 0.5) is 0 Å². The fraction of sp³-hybridized carbons (Fsp3) is 0.571. The molecule has 2 aromatic rings. The first-order valence-corrected chi connectivity index (χ1v) is 13.8. The number of thiophene rings is 1. The number of aryl methyl sites for hydroxylation is 1. The molecule has 3 rings (SSSR count). The summed E-state index contributed by atoms with van der Waals surface area (Å²) < 4.78 is 0. The lowest BCUT2D eigenvalue weighted by atomic mass is 10.1. The average Bonchev–Trinajstić information content (AvgIpc) is 3.51. The summed E-state index contributed by atoms with van der Waals surface area (Å²) in [6, 6.07) is 12.2. The molecule has 34 heavy (non-hydrogen) atoms. The van der Waals surface area contributed by atoms with Gasteiger partial charge >= 0.3 is 0 Å². The minimum absolute atomic E-state index is 0.0278. The second-order valence-electron chi connectivity index (χ2n) is 9.44. The highest BCUT2D eigenvalue weighted by atomic mass is 32.1. The minimum Gasteiger partial charge on any atom is -0.332 e. The summed E-state index contributed by atoms with van der Waals surface area (Å²) in [5.74, 6) is 0.149. The fourth-order valence-electron chi connectivity index (χ4n) is 4.46. The largest absolute Gasteiger partial charge is 0.332 e. The van der Waals surface area contributed by atoms with E-state index in [0.717, 1.165) is 50.9 Å². The van der Waals surface area contributed by atoms with Crippen molar-refractivity contribution < 1.29 is 9.59 Å². The van der Waals surface area contributed by atoms with E-state index in [2.05, 4.69) is 42.3 Å². The molecule has 1 fully saturated rings. The van der Waals surface area contributed by atoms with Crippen LogP contribution in [0.15, 0.2) is 41.8 Å². The number of hydrogen-bond acceptors (Lipinski definition) is 4. The number of benzene rings is 1. The second-order valence-corrected chi connectivity index (χ2v) is 10.4. The SMILES string of the molecule is CCCCCCC(=O)N(CCN1CCCC1)CC(=O)N(Cc1ccccc1)Cc1sccc1C. The number of amides is 2. The van der Waals surface area contributed by atoms with Gasteiger partial charge in [-0.1, -0.05) is 56.5 Å². The molecule has 0 atom stereocenters. The normalized spacial score (nSPS) is 13.8. The Kier molecular flexibility index (Phi) is 11.1. The number of carbonyl (C=O) groups excluding carboxylic acids is 2. The zero-order valence-electron chi connectivity index (χ0n) is 21.0. The van der Waals surface area contributed by atoms with Gasteiger partial charge in [-0.15, -0.1) is 11.3 Å². The topological polar surface area (TPSA) is 43.9 Å². The Morgan fingerprint density at radius 3 is 2.38 bits per heavy atom. The molecule has 0 N–H and O–H groups in total. The van der Waals surface area contributed by atoms with Crippen LogP contribution in [0.2, 0.25) is 0 Å². The van der Waals surface area contributed by atoms with Crippen LogP contribution in [0.1, 0.15) is 67.9 Å². The molecule has 0 saturated carbocycles. The van der Waals surface area contributed by atoms with E-state index in [4.69, 9.17) is 0 Å². The van der Waals surface area contributed by atoms with Gasteiger partial charge in [0.25, 0.3) is 0 Å². The molecule has 1 aliphatic rings. The highest BCUT2D eigenvalue weighted by molar-refractivity contribution is 7.10. The summed E-state index contributed by atoms with van der Waals surface area (Å²) in [4.78, 5) is 34.1. The number of likely N-dealkylation sites (tertiary alicyclic amines) is 1. The van der Waals surface area contributed by atoms with Crippen LogP contribution in [0, 0.1) is 6.92 Å². The molecule has 0 spiro atoms. The molecule has 1 aromatic carbocycles. The van der Waals surface area contributed by atoms with Gasteiger partial charge in [0.05, 0.1) is 13.1 Å². The molecule has 0 unspecified atom stereocenters. The van der Waals surface area contributed by atoms with Crippen LogP contribution in [0.25, 0.3) is 0 Å². The molecule has 6 heteroatoms. The zero-order chi connectivity index (χ0) is 24.2. The Hall–Kier alpha value is -2.18. The highest BCUT2D eigenvalue weighted by Gasteiger charge is 2.23. The molecule has 0 aliphatic carbocycles. The lowest BCUT2D eigenvalue weighted by Gasteiger charge is -2.29. The summed E-state index contributed by atoms with van der Waals surface area (Å²) in [7, 11) is 0. The lowest BCUT2D eigenvalue weighted by Crippen LogP contribution is -2.45. The monoisotopic (exact) mass is 483 g/mol. The van der Waals surface area contributed by atoms with Crippen molar-refractivity contribution in [2.45, 2.75) is 71.9 Å². The van der Waals surface area contributed by atoms with Gasteiger partial charge < -0.3 is 14.7 Å². The Morgan fingerprint density at radius 2 is 1.71 bits per heavy atom. The average molecular weight is 484 g/mol. The van der Waals surface area contributed by atoms with E-state index < -0.39 is 0 Å². The van der Waals surface area contributed by atoms with Crippen molar-refractivity contribution in [2.75, 3.05) is 32.7 Å². The smallest absolute Gasteiger partial charge is 0.242 e. The van der Waals surface area contributed by atoms with Crippen LogP contribution in [-0.2, 0) is 22.7 Å². The van der Waals surface area contributed by atoms with E-state index in [1.54, 1.807) is 11.3 Å². The lowest BCUT2D eigenvalue weighted by molar-refractivity contribution is -0.141. The zero-order valence-corrected chi connectivity index (χ0v) is 21.8. The third-order valence-corrected chi connectivity index (χ3v) is 7.69. The molecule has 186 valence electrons. The Bertz CT molecular complexity index is 877. The summed E-state index contributed by atoms with van der Waals surface area (Å²) in [6.07, 6.45) is 7.30. The Morgan fingerprint density at radius 1 is 0.941 bits per heavy atom. The van der Waals surface area contributed by atoms with E-state index in [-0.39, 0.29) is 18.4 Å². The standard InChI is InChI=1S/C28H41N3O2S/c1-3-4-5-9-14-27(32)30(19-18-29-16-10-11-17-29)23-28(33)31(21-25-12-7-6-8-13-25)22-26-24(2)15-20-34-26/h6-8,12-13,15,20H,3-5,9-11,14,16-19,21-23H2,1-2H3. The first-order valence-electron chi connectivity index (χ1n) is 12.9. The summed E-state index contributed by atoms with van der Waals surface area (Å²) >= 11 is 1.69. The number of hydrogen-bond donors (Lipinski definition) is 0. The predicted molar refractivity (Wildman–Crippen MR) is 141 cm³/mol. The molecular weight excluding hydrogens is 442 g/mol. The minimum atomic E-state index is 0.0278. The third kappa shape index (κ3) is 8.55. The molecule has 1 aliphatic heterocycles. The van der Waals surface area contributed by atoms with E-state index in [1.165, 1.54) is 23.3 Å². The highest BCUT2D eigenvalue weighted by Crippen LogP contribution is 2.20. The molecule has 0 bridgehead atoms. The fourth-order valence-corrected chi connectivity index (χ4v) is 5.38. The van der Waals surface area contributed by atoms with Crippen LogP contribution >= 0.6 is 11.3 Å². The van der Waals surface area contributed by atoms with Gasteiger partial charge in [0.15, 0.2) is 0 Å². The number of unbranched alkanes of at least 4 members (excludes halogenated alkanes) is 3. The first-order chi connectivity index (χ1) is 16.6. The van der Waals surface area contributed by atoms with Gasteiger partial charge in [-0.25, -0.2) is 0 Å². The molecule has 1 aromatic heterocycles. The van der Waals surface area contributed by atoms with Gasteiger partial charge in [0.2, 0.25) is 11.8 Å². The van der Waals surface area contributed by atoms with Crippen LogP contribution in [-0.4, -0.2) is 59.2 Å². The van der Waals surface area contributed by atoms with Crippen molar-refractivity contribution >= 4 is 23.2 Å². The van der Waals surface area contributed by atoms with Crippen molar-refractivity contribution in [3.63, 3.8) is 0 Å². The number of carbonyl (C=O) groups is 2. The van der Waals surface area contributed by atoms with Crippen LogP contribution < -0.4 is 0 Å². The van der Waals surface area contributed by atoms with Gasteiger partial charge in [-0.3, -0.25) is 9.59 Å². The molecule has 2 heterocycles. The van der Waals surface area contributed by atoms with Gasteiger partial charge in [-0.2, -0.15) is 0 Å². The van der Waals surface area contributed by atoms with Crippen molar-refractivity contribution in [1.82, 2.24) is 14.7 Å². The van der Waals surface area contributed by atoms with Gasteiger partial charge in [0, 0.05) is 30.9 Å². The Labute approximate surface area is 209 Å². The van der Waals surface area contributed by atoms with E-state index in [9.17, 15) is 9.59 Å². The van der Waals surface area contributed by atoms with Crippen molar-refractivity contribution in [1.29, 1.82) is 0 Å². The third-order valence-electron chi connectivity index (χ3n) is 6.68. The van der Waals surface area contributed by atoms with Gasteiger partial charge in [-0.05, 0) is 61.8 Å². The number of nitrogens with zero attached hydrogens (tertiary/aromatic N) is 3. The maximum absolute atomic E-state index is 13.6. The molecule has 2 amide bonds. The summed E-state index contributed by atoms with van der Waals surface area (Å²) in [5, 5.41) is 2.08. The maximum atomic E-state index is 13.6. The quantitative estimate of drug-likeness (QED) is 0.334. The second kappa shape index (κ2) is 14.3. The van der Waals surface area contributed by atoms with Gasteiger partial charge in [0.1, 0.15) is 0 Å². The summed E-state index contributed by atoms with van der Waals surface area (Å²) in [5.41, 5.74) is 2.33. The maximum Gasteiger partial charge on any atom is 0.242 e. The molecule has 5 nitrogen and oxygen atoms in total. The van der Waals surface area contributed by atoms with E-state index in [1.807, 2.05) is 28.0 Å².